The first-order chi connectivity index (χ1) is 6.56. The molecule has 0 atom stereocenters. The summed E-state index contributed by atoms with van der Waals surface area (Å²) in [5.74, 6) is -0.418. The Morgan fingerprint density at radius 1 is 1.57 bits per heavy atom. The lowest BCUT2D eigenvalue weighted by Gasteiger charge is -2.01. The standard InChI is InChI=1S/C7H13N3O3S/c1-2-5(9-10-7(8)13)14-4-3-6(11)12/h2-4H2,1H3,(H,11,12)(H3,8,10,13). The molecule has 0 aliphatic carbocycles. The number of aliphatic carboxylic acids is 1. The number of carbonyl (C=O) groups excluding carboxylic acids is 1. The highest BCUT2D eigenvalue weighted by molar-refractivity contribution is 8.13. The highest BCUT2D eigenvalue weighted by Crippen LogP contribution is 2.08. The van der Waals surface area contributed by atoms with Crippen molar-refractivity contribution >= 4 is 28.8 Å². The van der Waals surface area contributed by atoms with Crippen LogP contribution in [-0.4, -0.2) is 27.9 Å². The summed E-state index contributed by atoms with van der Waals surface area (Å²) in [5, 5.41) is 12.7. The zero-order valence-electron chi connectivity index (χ0n) is 7.82. The van der Waals surface area contributed by atoms with Gasteiger partial charge in [0.15, 0.2) is 0 Å². The number of urea groups is 1. The topological polar surface area (TPSA) is 105 Å². The number of carbonyl (C=O) groups is 2. The predicted octanol–water partition coefficient (Wildman–Crippen LogP) is 0.586. The average molecular weight is 219 g/mol. The van der Waals surface area contributed by atoms with Gasteiger partial charge in [0.05, 0.1) is 11.5 Å². The molecule has 0 unspecified atom stereocenters. The zero-order valence-corrected chi connectivity index (χ0v) is 8.63. The molecule has 14 heavy (non-hydrogen) atoms. The average Bonchev–Trinajstić information content (AvgIpc) is 2.10. The molecule has 0 aliphatic rings. The van der Waals surface area contributed by atoms with E-state index in [1.165, 1.54) is 11.8 Å². The summed E-state index contributed by atoms with van der Waals surface area (Å²) in [5.41, 5.74) is 6.91. The summed E-state index contributed by atoms with van der Waals surface area (Å²) in [7, 11) is 0. The second kappa shape index (κ2) is 7.19. The van der Waals surface area contributed by atoms with Crippen molar-refractivity contribution in [1.29, 1.82) is 0 Å². The van der Waals surface area contributed by atoms with Gasteiger partial charge in [-0.2, -0.15) is 5.10 Å². The molecular formula is C7H13N3O3S. The number of thioether (sulfide) groups is 1. The molecule has 2 amide bonds. The highest BCUT2D eigenvalue weighted by atomic mass is 32.2. The Hall–Kier alpha value is -1.24. The summed E-state index contributed by atoms with van der Waals surface area (Å²) in [6.45, 7) is 1.86. The predicted molar refractivity (Wildman–Crippen MR) is 55.2 cm³/mol. The van der Waals surface area contributed by atoms with Crippen molar-refractivity contribution in [2.24, 2.45) is 10.8 Å². The molecule has 0 aromatic heterocycles. The van der Waals surface area contributed by atoms with E-state index in [9.17, 15) is 9.59 Å². The van der Waals surface area contributed by atoms with Gasteiger partial charge in [0.2, 0.25) is 0 Å². The van der Waals surface area contributed by atoms with Crippen LogP contribution in [0, 0.1) is 0 Å². The summed E-state index contributed by atoms with van der Waals surface area (Å²) >= 11 is 1.29. The van der Waals surface area contributed by atoms with Gasteiger partial charge in [0, 0.05) is 5.75 Å². The van der Waals surface area contributed by atoms with Crippen molar-refractivity contribution in [2.45, 2.75) is 19.8 Å². The molecule has 0 aliphatic heterocycles. The number of primary amides is 1. The Balaban J connectivity index is 3.84. The number of hydrogen-bond donors (Lipinski definition) is 3. The monoisotopic (exact) mass is 219 g/mol. The molecule has 0 fully saturated rings. The van der Waals surface area contributed by atoms with Crippen LogP contribution in [0.15, 0.2) is 5.10 Å². The van der Waals surface area contributed by atoms with Gasteiger partial charge in [-0.1, -0.05) is 6.92 Å². The Morgan fingerprint density at radius 2 is 2.21 bits per heavy atom. The van der Waals surface area contributed by atoms with Gasteiger partial charge in [-0.3, -0.25) is 4.79 Å². The van der Waals surface area contributed by atoms with E-state index >= 15 is 0 Å². The van der Waals surface area contributed by atoms with E-state index in [0.717, 1.165) is 0 Å². The van der Waals surface area contributed by atoms with Crippen molar-refractivity contribution in [3.8, 4) is 0 Å². The fourth-order valence-corrected chi connectivity index (χ4v) is 1.41. The fourth-order valence-electron chi connectivity index (χ4n) is 0.587. The molecular weight excluding hydrogens is 206 g/mol. The van der Waals surface area contributed by atoms with Crippen LogP contribution in [0.1, 0.15) is 19.8 Å². The highest BCUT2D eigenvalue weighted by Gasteiger charge is 2.01. The molecule has 7 heteroatoms. The van der Waals surface area contributed by atoms with Crippen molar-refractivity contribution < 1.29 is 14.7 Å². The third-order valence-corrected chi connectivity index (χ3v) is 2.30. The van der Waals surface area contributed by atoms with Crippen LogP contribution in [0.25, 0.3) is 0 Å². The Labute approximate surface area is 85.9 Å². The lowest BCUT2D eigenvalue weighted by molar-refractivity contribution is -0.136. The van der Waals surface area contributed by atoms with E-state index in [1.807, 2.05) is 6.92 Å². The smallest absolute Gasteiger partial charge is 0.332 e. The number of hydrogen-bond acceptors (Lipinski definition) is 4. The van der Waals surface area contributed by atoms with Crippen molar-refractivity contribution in [3.63, 3.8) is 0 Å². The summed E-state index contributed by atoms with van der Waals surface area (Å²) in [6.07, 6.45) is 0.699. The molecule has 0 saturated heterocycles. The normalized spacial score (nSPS) is 11.1. The lowest BCUT2D eigenvalue weighted by Crippen LogP contribution is -2.25. The van der Waals surface area contributed by atoms with E-state index in [2.05, 4.69) is 10.5 Å². The first-order valence-corrected chi connectivity index (χ1v) is 5.01. The van der Waals surface area contributed by atoms with Gasteiger partial charge in [0.1, 0.15) is 0 Å². The maximum atomic E-state index is 10.3. The number of rotatable bonds is 5. The molecule has 6 nitrogen and oxygen atoms in total. The van der Waals surface area contributed by atoms with Gasteiger partial charge in [0.25, 0.3) is 0 Å². The quantitative estimate of drug-likeness (QED) is 0.357. The Bertz CT molecular complexity index is 242. The van der Waals surface area contributed by atoms with Gasteiger partial charge in [-0.15, -0.1) is 11.8 Å². The maximum absolute atomic E-state index is 10.3. The van der Waals surface area contributed by atoms with Gasteiger partial charge in [-0.05, 0) is 6.42 Å². The van der Waals surface area contributed by atoms with Crippen LogP contribution in [0.3, 0.4) is 0 Å². The SMILES string of the molecule is CCC(=NNC(N)=O)SCCC(=O)O. The number of nitrogens with two attached hydrogens (primary N) is 1. The van der Waals surface area contributed by atoms with Gasteiger partial charge < -0.3 is 10.8 Å². The number of amides is 2. The number of nitrogens with zero attached hydrogens (tertiary/aromatic N) is 1. The number of nitrogens with one attached hydrogen (secondary N) is 1. The summed E-state index contributed by atoms with van der Waals surface area (Å²) in [4.78, 5) is 20.5. The first-order valence-electron chi connectivity index (χ1n) is 4.02. The van der Waals surface area contributed by atoms with E-state index in [0.29, 0.717) is 17.2 Å². The second-order valence-corrected chi connectivity index (χ2v) is 3.50. The van der Waals surface area contributed by atoms with Crippen LogP contribution < -0.4 is 11.2 Å². The summed E-state index contributed by atoms with van der Waals surface area (Å²) < 4.78 is 0. The molecule has 0 rings (SSSR count). The van der Waals surface area contributed by atoms with Crippen LogP contribution >= 0.6 is 11.8 Å². The van der Waals surface area contributed by atoms with Gasteiger partial charge >= 0.3 is 12.0 Å². The molecule has 0 bridgehead atoms. The molecule has 0 radical (unpaired) electrons. The minimum absolute atomic E-state index is 0.0697. The van der Waals surface area contributed by atoms with E-state index in [1.54, 1.807) is 0 Å². The van der Waals surface area contributed by atoms with Crippen molar-refractivity contribution in [2.75, 3.05) is 5.75 Å². The Kier molecular flexibility index (Phi) is 6.55. The number of hydrazone groups is 1. The minimum Gasteiger partial charge on any atom is -0.481 e. The zero-order chi connectivity index (χ0) is 11.0. The van der Waals surface area contributed by atoms with E-state index in [4.69, 9.17) is 10.8 Å². The van der Waals surface area contributed by atoms with Crippen LogP contribution in [0.2, 0.25) is 0 Å². The minimum atomic E-state index is -0.851. The maximum Gasteiger partial charge on any atom is 0.332 e. The van der Waals surface area contributed by atoms with Gasteiger partial charge in [-0.25, -0.2) is 10.2 Å². The van der Waals surface area contributed by atoms with E-state index < -0.39 is 12.0 Å². The second-order valence-electron chi connectivity index (χ2n) is 2.33. The van der Waals surface area contributed by atoms with Crippen molar-refractivity contribution in [3.05, 3.63) is 0 Å². The molecule has 0 aromatic rings. The molecule has 0 aromatic carbocycles. The number of carboxylic acid groups (broad SMARTS) is 1. The van der Waals surface area contributed by atoms with E-state index in [-0.39, 0.29) is 6.42 Å². The number of carboxylic acids is 1. The molecule has 4 N–H and O–H groups in total. The lowest BCUT2D eigenvalue weighted by atomic mass is 10.5. The van der Waals surface area contributed by atoms with Crippen LogP contribution in [0.4, 0.5) is 4.79 Å². The third kappa shape index (κ3) is 7.41. The summed E-state index contributed by atoms with van der Waals surface area (Å²) in [6, 6.07) is -0.727. The molecule has 80 valence electrons. The van der Waals surface area contributed by atoms with Crippen LogP contribution in [-0.2, 0) is 4.79 Å². The van der Waals surface area contributed by atoms with Crippen molar-refractivity contribution in [1.82, 2.24) is 5.43 Å². The molecule has 0 saturated carbocycles. The fraction of sp³-hybridized carbons (Fsp3) is 0.571. The molecule has 0 spiro atoms. The Morgan fingerprint density at radius 3 is 2.64 bits per heavy atom. The van der Waals surface area contributed by atoms with Crippen LogP contribution in [0.5, 0.6) is 0 Å². The largest absolute Gasteiger partial charge is 0.481 e. The first kappa shape index (κ1) is 12.8. The molecule has 0 heterocycles. The third-order valence-electron chi connectivity index (χ3n) is 1.18.